The van der Waals surface area contributed by atoms with Crippen LogP contribution in [0.3, 0.4) is 0 Å². The Balaban J connectivity index is 1.89. The zero-order valence-electron chi connectivity index (χ0n) is 14.7. The van der Waals surface area contributed by atoms with E-state index in [1.807, 2.05) is 6.92 Å². The summed E-state index contributed by atoms with van der Waals surface area (Å²) < 4.78 is 5.23. The van der Waals surface area contributed by atoms with Gasteiger partial charge in [0.1, 0.15) is 11.4 Å². The molecule has 1 fully saturated rings. The summed E-state index contributed by atoms with van der Waals surface area (Å²) in [5.74, 6) is 0.698. The quantitative estimate of drug-likeness (QED) is 0.377. The number of rotatable bonds is 7. The Kier molecular flexibility index (Phi) is 6.58. The normalized spacial score (nSPS) is 18.2. The lowest BCUT2D eigenvalue weighted by Crippen LogP contribution is -2.46. The predicted octanol–water partition coefficient (Wildman–Crippen LogP) is 0.581. The maximum absolute atomic E-state index is 11.8. The van der Waals surface area contributed by atoms with Crippen LogP contribution in [0.2, 0.25) is 0 Å². The highest BCUT2D eigenvalue weighted by Gasteiger charge is 2.27. The molecule has 0 saturated carbocycles. The van der Waals surface area contributed by atoms with E-state index in [1.54, 1.807) is 19.1 Å². The SMILES string of the molecule is CCNC(=NCC(C)(O)c1ccco1)NCCN1C(=O)CCCC1=O. The number of hydrogen-bond acceptors (Lipinski definition) is 5. The molecule has 3 N–H and O–H groups in total. The van der Waals surface area contributed by atoms with E-state index in [1.165, 1.54) is 11.2 Å². The Morgan fingerprint density at radius 2 is 2.08 bits per heavy atom. The van der Waals surface area contributed by atoms with Crippen LogP contribution in [0.5, 0.6) is 0 Å². The molecule has 1 aliphatic rings. The van der Waals surface area contributed by atoms with Crippen LogP contribution in [0.4, 0.5) is 0 Å². The minimum Gasteiger partial charge on any atom is -0.466 e. The van der Waals surface area contributed by atoms with E-state index in [-0.39, 0.29) is 18.4 Å². The lowest BCUT2D eigenvalue weighted by molar-refractivity contribution is -0.147. The largest absolute Gasteiger partial charge is 0.466 e. The van der Waals surface area contributed by atoms with Gasteiger partial charge in [0.25, 0.3) is 0 Å². The first-order valence-electron chi connectivity index (χ1n) is 8.56. The number of piperidine rings is 1. The third kappa shape index (κ3) is 5.32. The molecule has 2 amide bonds. The van der Waals surface area contributed by atoms with Crippen molar-refractivity contribution in [3.05, 3.63) is 24.2 Å². The van der Waals surface area contributed by atoms with Crippen molar-refractivity contribution < 1.29 is 19.1 Å². The summed E-state index contributed by atoms with van der Waals surface area (Å²) in [7, 11) is 0. The highest BCUT2D eigenvalue weighted by molar-refractivity contribution is 5.97. The molecule has 1 aromatic heterocycles. The van der Waals surface area contributed by atoms with Gasteiger partial charge in [-0.1, -0.05) is 0 Å². The maximum Gasteiger partial charge on any atom is 0.229 e. The van der Waals surface area contributed by atoms with Gasteiger partial charge in [0, 0.05) is 32.5 Å². The summed E-state index contributed by atoms with van der Waals surface area (Å²) >= 11 is 0. The number of amides is 2. The number of aliphatic imine (C=N–C) groups is 1. The molecule has 2 heterocycles. The van der Waals surface area contributed by atoms with Gasteiger partial charge in [-0.15, -0.1) is 0 Å². The first-order chi connectivity index (χ1) is 11.9. The van der Waals surface area contributed by atoms with E-state index >= 15 is 0 Å². The maximum atomic E-state index is 11.8. The van der Waals surface area contributed by atoms with Crippen LogP contribution in [-0.4, -0.2) is 54.0 Å². The van der Waals surface area contributed by atoms with Crippen molar-refractivity contribution in [1.82, 2.24) is 15.5 Å². The van der Waals surface area contributed by atoms with Gasteiger partial charge in [-0.25, -0.2) is 4.99 Å². The summed E-state index contributed by atoms with van der Waals surface area (Å²) in [6.07, 6.45) is 2.98. The number of nitrogens with one attached hydrogen (secondary N) is 2. The Labute approximate surface area is 147 Å². The standard InChI is InChI=1S/C17H26N4O4/c1-3-18-16(20-12-17(2,24)13-6-5-11-25-13)19-9-10-21-14(22)7-4-8-15(21)23/h5-6,11,24H,3-4,7-10,12H2,1-2H3,(H2,18,19,20). The Bertz CT molecular complexity index is 594. The van der Waals surface area contributed by atoms with Crippen molar-refractivity contribution in [2.75, 3.05) is 26.2 Å². The second-order valence-corrected chi connectivity index (χ2v) is 6.17. The first-order valence-corrected chi connectivity index (χ1v) is 8.56. The molecular weight excluding hydrogens is 324 g/mol. The lowest BCUT2D eigenvalue weighted by atomic mass is 10.0. The third-order valence-corrected chi connectivity index (χ3v) is 3.95. The smallest absolute Gasteiger partial charge is 0.229 e. The molecule has 1 atom stereocenters. The minimum absolute atomic E-state index is 0.109. The molecule has 25 heavy (non-hydrogen) atoms. The van der Waals surface area contributed by atoms with Gasteiger partial charge in [0.2, 0.25) is 11.8 Å². The van der Waals surface area contributed by atoms with Crippen molar-refractivity contribution in [3.63, 3.8) is 0 Å². The molecule has 0 aliphatic carbocycles. The van der Waals surface area contributed by atoms with Crippen molar-refractivity contribution in [1.29, 1.82) is 0 Å². The van der Waals surface area contributed by atoms with E-state index in [2.05, 4.69) is 15.6 Å². The number of nitrogens with zero attached hydrogens (tertiary/aromatic N) is 2. The Hall–Kier alpha value is -2.35. The van der Waals surface area contributed by atoms with Gasteiger partial charge in [0.05, 0.1) is 12.8 Å². The molecular formula is C17H26N4O4. The molecule has 0 aromatic carbocycles. The second kappa shape index (κ2) is 8.66. The average molecular weight is 350 g/mol. The molecule has 1 aliphatic heterocycles. The van der Waals surface area contributed by atoms with Gasteiger partial charge in [-0.05, 0) is 32.4 Å². The van der Waals surface area contributed by atoms with Crippen LogP contribution >= 0.6 is 0 Å². The molecule has 0 spiro atoms. The number of furan rings is 1. The van der Waals surface area contributed by atoms with E-state index in [0.717, 1.165) is 0 Å². The molecule has 8 heteroatoms. The van der Waals surface area contributed by atoms with Crippen molar-refractivity contribution in [2.24, 2.45) is 4.99 Å². The summed E-state index contributed by atoms with van der Waals surface area (Å²) in [5.41, 5.74) is -1.22. The molecule has 0 radical (unpaired) electrons. The molecule has 2 rings (SSSR count). The van der Waals surface area contributed by atoms with Gasteiger partial charge < -0.3 is 20.2 Å². The van der Waals surface area contributed by atoms with Crippen molar-refractivity contribution in [2.45, 2.75) is 38.7 Å². The average Bonchev–Trinajstić information content (AvgIpc) is 3.11. The fourth-order valence-corrected chi connectivity index (χ4v) is 2.57. The van der Waals surface area contributed by atoms with Gasteiger partial charge in [-0.3, -0.25) is 14.5 Å². The van der Waals surface area contributed by atoms with Gasteiger partial charge in [-0.2, -0.15) is 0 Å². The van der Waals surface area contributed by atoms with E-state index in [0.29, 0.717) is 50.6 Å². The number of carbonyl (C=O) groups is 2. The van der Waals surface area contributed by atoms with Crippen molar-refractivity contribution >= 4 is 17.8 Å². The van der Waals surface area contributed by atoms with Gasteiger partial charge in [0.15, 0.2) is 5.96 Å². The Morgan fingerprint density at radius 1 is 1.36 bits per heavy atom. The van der Waals surface area contributed by atoms with Crippen LogP contribution in [-0.2, 0) is 15.2 Å². The van der Waals surface area contributed by atoms with Crippen LogP contribution in [0, 0.1) is 0 Å². The molecule has 138 valence electrons. The number of guanidine groups is 1. The number of aliphatic hydroxyl groups is 1. The third-order valence-electron chi connectivity index (χ3n) is 3.95. The molecule has 1 saturated heterocycles. The zero-order chi connectivity index (χ0) is 18.3. The van der Waals surface area contributed by atoms with E-state index < -0.39 is 5.60 Å². The summed E-state index contributed by atoms with van der Waals surface area (Å²) in [6.45, 7) is 5.01. The molecule has 1 unspecified atom stereocenters. The van der Waals surface area contributed by atoms with Crippen molar-refractivity contribution in [3.8, 4) is 0 Å². The zero-order valence-corrected chi connectivity index (χ0v) is 14.7. The molecule has 1 aromatic rings. The number of likely N-dealkylation sites (tertiary alicyclic amines) is 1. The monoisotopic (exact) mass is 350 g/mol. The highest BCUT2D eigenvalue weighted by atomic mass is 16.4. The Morgan fingerprint density at radius 3 is 2.68 bits per heavy atom. The van der Waals surface area contributed by atoms with Crippen LogP contribution < -0.4 is 10.6 Å². The van der Waals surface area contributed by atoms with Gasteiger partial charge >= 0.3 is 0 Å². The second-order valence-electron chi connectivity index (χ2n) is 6.17. The first kappa shape index (κ1) is 19.0. The highest BCUT2D eigenvalue weighted by Crippen LogP contribution is 2.21. The summed E-state index contributed by atoms with van der Waals surface area (Å²) in [6, 6.07) is 3.41. The lowest BCUT2D eigenvalue weighted by Gasteiger charge is -2.25. The molecule has 0 bridgehead atoms. The fraction of sp³-hybridized carbons (Fsp3) is 0.588. The number of carbonyl (C=O) groups excluding carboxylic acids is 2. The van der Waals surface area contributed by atoms with Crippen LogP contribution in [0.25, 0.3) is 0 Å². The molecule has 8 nitrogen and oxygen atoms in total. The predicted molar refractivity (Wildman–Crippen MR) is 92.8 cm³/mol. The minimum atomic E-state index is -1.22. The fourth-order valence-electron chi connectivity index (χ4n) is 2.57. The number of imide groups is 1. The van der Waals surface area contributed by atoms with E-state index in [9.17, 15) is 14.7 Å². The van der Waals surface area contributed by atoms with Crippen LogP contribution in [0.15, 0.2) is 27.8 Å². The topological polar surface area (TPSA) is 107 Å². The summed E-state index contributed by atoms with van der Waals surface area (Å²) in [5, 5.41) is 16.6. The van der Waals surface area contributed by atoms with E-state index in [4.69, 9.17) is 4.42 Å². The summed E-state index contributed by atoms with van der Waals surface area (Å²) in [4.78, 5) is 29.2. The number of hydrogen-bond donors (Lipinski definition) is 3. The van der Waals surface area contributed by atoms with Crippen LogP contribution in [0.1, 0.15) is 38.9 Å².